The van der Waals surface area contributed by atoms with Crippen molar-refractivity contribution in [3.63, 3.8) is 0 Å². The molecule has 0 aliphatic heterocycles. The van der Waals surface area contributed by atoms with Gasteiger partial charge < -0.3 is 5.32 Å². The lowest BCUT2D eigenvalue weighted by molar-refractivity contribution is 0.292. The lowest BCUT2D eigenvalue weighted by Gasteiger charge is -2.37. The molecule has 0 atom stereocenters. The average molecular weight is 296 g/mol. The molecule has 0 heterocycles. The fourth-order valence-corrected chi connectivity index (χ4v) is 3.09. The van der Waals surface area contributed by atoms with Gasteiger partial charge in [0.1, 0.15) is 0 Å². The van der Waals surface area contributed by atoms with Crippen LogP contribution in [0.2, 0.25) is 5.02 Å². The molecular formula is C18H30ClN. The second-order valence-corrected chi connectivity index (χ2v) is 7.33. The lowest BCUT2D eigenvalue weighted by Crippen LogP contribution is -2.46. The van der Waals surface area contributed by atoms with E-state index in [-0.39, 0.29) is 11.0 Å². The molecule has 0 fully saturated rings. The fourth-order valence-electron chi connectivity index (χ4n) is 2.90. The summed E-state index contributed by atoms with van der Waals surface area (Å²) in [6.07, 6.45) is 4.78. The molecule has 0 spiro atoms. The van der Waals surface area contributed by atoms with Crippen LogP contribution in [0.25, 0.3) is 0 Å². The monoisotopic (exact) mass is 295 g/mol. The highest BCUT2D eigenvalue weighted by Crippen LogP contribution is 2.35. The maximum Gasteiger partial charge on any atom is 0.0408 e. The van der Waals surface area contributed by atoms with Crippen LogP contribution in [0.15, 0.2) is 24.3 Å². The van der Waals surface area contributed by atoms with Crippen LogP contribution >= 0.6 is 11.6 Å². The molecule has 0 aliphatic rings. The van der Waals surface area contributed by atoms with Gasteiger partial charge in [0.05, 0.1) is 0 Å². The van der Waals surface area contributed by atoms with Gasteiger partial charge in [-0.1, -0.05) is 50.4 Å². The zero-order valence-electron chi connectivity index (χ0n) is 13.7. The molecule has 0 unspecified atom stereocenters. The second kappa shape index (κ2) is 7.47. The van der Waals surface area contributed by atoms with Crippen LogP contribution in [0.5, 0.6) is 0 Å². The zero-order valence-corrected chi connectivity index (χ0v) is 14.5. The Morgan fingerprint density at radius 1 is 1.05 bits per heavy atom. The third kappa shape index (κ3) is 5.10. The normalized spacial score (nSPS) is 12.7. The minimum Gasteiger partial charge on any atom is -0.311 e. The van der Waals surface area contributed by atoms with Crippen LogP contribution in [-0.2, 0) is 5.41 Å². The van der Waals surface area contributed by atoms with Crippen LogP contribution in [0, 0.1) is 0 Å². The predicted octanol–water partition coefficient (Wildman–Crippen LogP) is 5.57. The molecule has 2 heteroatoms. The first-order valence-corrected chi connectivity index (χ1v) is 8.22. The summed E-state index contributed by atoms with van der Waals surface area (Å²) in [5.41, 5.74) is 1.72. The van der Waals surface area contributed by atoms with Crippen molar-refractivity contribution in [2.45, 2.75) is 71.3 Å². The molecule has 0 radical (unpaired) electrons. The molecular weight excluding hydrogens is 266 g/mol. The largest absolute Gasteiger partial charge is 0.311 e. The highest BCUT2D eigenvalue weighted by Gasteiger charge is 2.31. The summed E-state index contributed by atoms with van der Waals surface area (Å²) in [6, 6.07) is 8.43. The minimum absolute atomic E-state index is 0.144. The summed E-state index contributed by atoms with van der Waals surface area (Å²) in [6.45, 7) is 12.2. The van der Waals surface area contributed by atoms with Gasteiger partial charge in [-0.2, -0.15) is 0 Å². The van der Waals surface area contributed by atoms with Gasteiger partial charge in [-0.3, -0.25) is 0 Å². The molecule has 0 bridgehead atoms. The Kier molecular flexibility index (Phi) is 6.54. The molecule has 1 aromatic carbocycles. The number of benzene rings is 1. The highest BCUT2D eigenvalue weighted by molar-refractivity contribution is 6.30. The topological polar surface area (TPSA) is 12.0 Å². The van der Waals surface area contributed by atoms with Crippen molar-refractivity contribution in [3.8, 4) is 0 Å². The van der Waals surface area contributed by atoms with E-state index in [1.807, 2.05) is 6.07 Å². The number of halogens is 1. The van der Waals surface area contributed by atoms with Crippen LogP contribution in [-0.4, -0.2) is 12.1 Å². The second-order valence-electron chi connectivity index (χ2n) is 6.89. The molecule has 1 N–H and O–H groups in total. The van der Waals surface area contributed by atoms with Crippen molar-refractivity contribution in [1.82, 2.24) is 5.32 Å². The van der Waals surface area contributed by atoms with E-state index >= 15 is 0 Å². The van der Waals surface area contributed by atoms with E-state index in [1.165, 1.54) is 31.2 Å². The Bertz CT molecular complexity index is 400. The number of hydrogen-bond donors (Lipinski definition) is 1. The van der Waals surface area contributed by atoms with Crippen molar-refractivity contribution in [1.29, 1.82) is 0 Å². The Balaban J connectivity index is 3.09. The van der Waals surface area contributed by atoms with Crippen molar-refractivity contribution >= 4 is 11.6 Å². The number of nitrogens with one attached hydrogen (secondary N) is 1. The molecule has 0 saturated carbocycles. The first kappa shape index (κ1) is 17.5. The maximum atomic E-state index is 6.22. The Hall–Kier alpha value is -0.530. The molecule has 0 aromatic heterocycles. The smallest absolute Gasteiger partial charge is 0.0408 e. The van der Waals surface area contributed by atoms with Gasteiger partial charge in [-0.05, 0) is 51.3 Å². The van der Waals surface area contributed by atoms with Crippen LogP contribution < -0.4 is 5.32 Å². The number of rotatable bonds is 7. The van der Waals surface area contributed by atoms with Crippen molar-refractivity contribution < 1.29 is 0 Å². The lowest BCUT2D eigenvalue weighted by atomic mass is 9.73. The van der Waals surface area contributed by atoms with E-state index in [0.29, 0.717) is 0 Å². The van der Waals surface area contributed by atoms with Crippen LogP contribution in [0.3, 0.4) is 0 Å². The molecule has 114 valence electrons. The van der Waals surface area contributed by atoms with Crippen molar-refractivity contribution in [3.05, 3.63) is 34.9 Å². The third-order valence-corrected chi connectivity index (χ3v) is 4.09. The van der Waals surface area contributed by atoms with E-state index < -0.39 is 0 Å². The summed E-state index contributed by atoms with van der Waals surface area (Å²) >= 11 is 6.22. The van der Waals surface area contributed by atoms with Gasteiger partial charge >= 0.3 is 0 Å². The summed E-state index contributed by atoms with van der Waals surface area (Å²) in [4.78, 5) is 0. The molecule has 1 aromatic rings. The summed E-state index contributed by atoms with van der Waals surface area (Å²) in [5.74, 6) is 0. The van der Waals surface area contributed by atoms with Gasteiger partial charge in [0.25, 0.3) is 0 Å². The van der Waals surface area contributed by atoms with Crippen molar-refractivity contribution in [2.75, 3.05) is 6.54 Å². The average Bonchev–Trinajstić information content (AvgIpc) is 2.35. The van der Waals surface area contributed by atoms with E-state index in [9.17, 15) is 0 Å². The molecule has 0 saturated heterocycles. The first-order chi connectivity index (χ1) is 9.33. The predicted molar refractivity (Wildman–Crippen MR) is 90.7 cm³/mol. The highest BCUT2D eigenvalue weighted by atomic mass is 35.5. The molecule has 0 aliphatic carbocycles. The van der Waals surface area contributed by atoms with Gasteiger partial charge in [0.2, 0.25) is 0 Å². The Morgan fingerprint density at radius 2 is 1.65 bits per heavy atom. The van der Waals surface area contributed by atoms with E-state index in [4.69, 9.17) is 11.6 Å². The van der Waals surface area contributed by atoms with Crippen molar-refractivity contribution in [2.24, 2.45) is 0 Å². The Morgan fingerprint density at radius 3 is 2.10 bits per heavy atom. The molecule has 1 rings (SSSR count). The summed E-state index contributed by atoms with van der Waals surface area (Å²) < 4.78 is 0. The minimum atomic E-state index is 0.144. The van der Waals surface area contributed by atoms with E-state index in [1.54, 1.807) is 0 Å². The first-order valence-electron chi connectivity index (χ1n) is 7.84. The Labute approximate surface area is 130 Å². The number of hydrogen-bond acceptors (Lipinski definition) is 1. The molecule has 20 heavy (non-hydrogen) atoms. The SMILES string of the molecule is CCCC(CCC)(CNC(C)(C)C)c1cccc(Cl)c1. The van der Waals surface area contributed by atoms with Crippen LogP contribution in [0.4, 0.5) is 0 Å². The molecule has 1 nitrogen and oxygen atoms in total. The van der Waals surface area contributed by atoms with Gasteiger partial charge in [-0.25, -0.2) is 0 Å². The third-order valence-electron chi connectivity index (χ3n) is 3.85. The maximum absolute atomic E-state index is 6.22. The summed E-state index contributed by atoms with van der Waals surface area (Å²) in [7, 11) is 0. The fraction of sp³-hybridized carbons (Fsp3) is 0.667. The van der Waals surface area contributed by atoms with E-state index in [2.05, 4.69) is 58.1 Å². The standard InChI is InChI=1S/C18H30ClN/c1-6-11-18(12-7-2,14-20-17(3,4)5)15-9-8-10-16(19)13-15/h8-10,13,20H,6-7,11-12,14H2,1-5H3. The van der Waals surface area contributed by atoms with Gasteiger partial charge in [0, 0.05) is 22.5 Å². The van der Waals surface area contributed by atoms with Crippen LogP contribution in [0.1, 0.15) is 65.9 Å². The van der Waals surface area contributed by atoms with Gasteiger partial charge in [0.15, 0.2) is 0 Å². The quantitative estimate of drug-likeness (QED) is 0.694. The van der Waals surface area contributed by atoms with E-state index in [0.717, 1.165) is 11.6 Å². The molecule has 0 amide bonds. The van der Waals surface area contributed by atoms with Gasteiger partial charge in [-0.15, -0.1) is 0 Å². The zero-order chi connectivity index (χ0) is 15.2. The summed E-state index contributed by atoms with van der Waals surface area (Å²) in [5, 5.41) is 4.55.